The second-order valence-corrected chi connectivity index (χ2v) is 5.88. The van der Waals surface area contributed by atoms with E-state index in [1.54, 1.807) is 11.8 Å². The zero-order valence-corrected chi connectivity index (χ0v) is 12.7. The van der Waals surface area contributed by atoms with E-state index in [-0.39, 0.29) is 0 Å². The summed E-state index contributed by atoms with van der Waals surface area (Å²) in [6.07, 6.45) is 3.63. The summed E-state index contributed by atoms with van der Waals surface area (Å²) >= 11 is 1.73. The van der Waals surface area contributed by atoms with Gasteiger partial charge in [-0.05, 0) is 19.1 Å². The topological polar surface area (TPSA) is 42.7 Å². The maximum Gasteiger partial charge on any atom is 0.103 e. The molecule has 2 aromatic heterocycles. The number of nitrogens with zero attached hydrogens (tertiary/aromatic N) is 3. The van der Waals surface area contributed by atoms with Crippen LogP contribution < -0.4 is 5.32 Å². The first-order valence-electron chi connectivity index (χ1n) is 6.41. The molecule has 0 atom stereocenters. The van der Waals surface area contributed by atoms with Gasteiger partial charge in [-0.1, -0.05) is 25.6 Å². The number of aryl methyl sites for hydroxylation is 2. The molecule has 5 heteroatoms. The highest BCUT2D eigenvalue weighted by molar-refractivity contribution is 7.99. The van der Waals surface area contributed by atoms with E-state index in [1.807, 2.05) is 36.3 Å². The highest BCUT2D eigenvalue weighted by atomic mass is 32.2. The molecule has 4 nitrogen and oxygen atoms in total. The van der Waals surface area contributed by atoms with Gasteiger partial charge in [0.2, 0.25) is 0 Å². The number of pyridine rings is 1. The second kappa shape index (κ2) is 6.21. The predicted octanol–water partition coefficient (Wildman–Crippen LogP) is 2.77. The average Bonchev–Trinajstić information content (AvgIpc) is 2.63. The van der Waals surface area contributed by atoms with Crippen molar-refractivity contribution in [3.05, 3.63) is 35.8 Å². The molecule has 0 radical (unpaired) electrons. The molecule has 102 valence electrons. The van der Waals surface area contributed by atoms with Crippen LogP contribution in [0, 0.1) is 6.92 Å². The Bertz CT molecular complexity index is 534. The molecule has 0 aliphatic rings. The second-order valence-electron chi connectivity index (χ2n) is 4.81. The first kappa shape index (κ1) is 14.1. The van der Waals surface area contributed by atoms with Gasteiger partial charge >= 0.3 is 0 Å². The van der Waals surface area contributed by atoms with Gasteiger partial charge in [0, 0.05) is 42.5 Å². The smallest absolute Gasteiger partial charge is 0.103 e. The van der Waals surface area contributed by atoms with Gasteiger partial charge in [0.1, 0.15) is 5.03 Å². The minimum absolute atomic E-state index is 0.471. The van der Waals surface area contributed by atoms with Crippen LogP contribution in [0.4, 0.5) is 0 Å². The van der Waals surface area contributed by atoms with Crippen LogP contribution >= 0.6 is 11.8 Å². The Balaban J connectivity index is 2.23. The van der Waals surface area contributed by atoms with Crippen LogP contribution in [0.15, 0.2) is 34.4 Å². The van der Waals surface area contributed by atoms with Crippen molar-refractivity contribution in [2.45, 2.75) is 43.3 Å². The summed E-state index contributed by atoms with van der Waals surface area (Å²) in [5.74, 6) is 0. The summed E-state index contributed by atoms with van der Waals surface area (Å²) in [7, 11) is 2.00. The van der Waals surface area contributed by atoms with Gasteiger partial charge in [-0.2, -0.15) is 5.10 Å². The molecule has 0 aliphatic heterocycles. The van der Waals surface area contributed by atoms with Crippen LogP contribution in [0.2, 0.25) is 0 Å². The molecule has 0 fully saturated rings. The van der Waals surface area contributed by atoms with Crippen molar-refractivity contribution in [1.29, 1.82) is 0 Å². The molecule has 1 N–H and O–H groups in total. The van der Waals surface area contributed by atoms with E-state index in [9.17, 15) is 0 Å². The quantitative estimate of drug-likeness (QED) is 0.912. The maximum atomic E-state index is 4.53. The summed E-state index contributed by atoms with van der Waals surface area (Å²) in [5, 5.41) is 9.18. The number of hydrogen-bond donors (Lipinski definition) is 1. The third kappa shape index (κ3) is 3.58. The summed E-state index contributed by atoms with van der Waals surface area (Å²) in [4.78, 5) is 5.23. The molecule has 0 aromatic carbocycles. The van der Waals surface area contributed by atoms with Crippen molar-refractivity contribution in [3.8, 4) is 0 Å². The first-order chi connectivity index (χ1) is 9.08. The van der Waals surface area contributed by atoms with Crippen LogP contribution in [0.1, 0.15) is 25.1 Å². The lowest BCUT2D eigenvalue weighted by Crippen LogP contribution is -2.22. The van der Waals surface area contributed by atoms with E-state index in [0.717, 1.165) is 12.2 Å². The Labute approximate surface area is 118 Å². The van der Waals surface area contributed by atoms with Gasteiger partial charge in [-0.3, -0.25) is 9.67 Å². The molecule has 2 heterocycles. The molecule has 0 saturated heterocycles. The van der Waals surface area contributed by atoms with Crippen LogP contribution in [0.25, 0.3) is 0 Å². The Morgan fingerprint density at radius 1 is 1.32 bits per heavy atom. The fourth-order valence-electron chi connectivity index (χ4n) is 1.84. The molecule has 2 rings (SSSR count). The zero-order valence-electron chi connectivity index (χ0n) is 11.8. The van der Waals surface area contributed by atoms with E-state index in [0.29, 0.717) is 6.04 Å². The molecule has 0 aliphatic carbocycles. The van der Waals surface area contributed by atoms with E-state index in [1.165, 1.54) is 15.5 Å². The molecule has 0 spiro atoms. The molecule has 0 amide bonds. The fraction of sp³-hybridized carbons (Fsp3) is 0.429. The van der Waals surface area contributed by atoms with E-state index in [4.69, 9.17) is 0 Å². The summed E-state index contributed by atoms with van der Waals surface area (Å²) in [6, 6.07) is 4.51. The van der Waals surface area contributed by atoms with Crippen LogP contribution in [0.5, 0.6) is 0 Å². The third-order valence-corrected chi connectivity index (χ3v) is 4.05. The van der Waals surface area contributed by atoms with Crippen LogP contribution in [0.3, 0.4) is 0 Å². The standard InChI is InChI=1S/C14H20N4S/c1-10(2)16-9-13-11(3)17-18(4)14(13)19-12-5-7-15-8-6-12/h5-8,10,16H,9H2,1-4H3. The minimum atomic E-state index is 0.471. The summed E-state index contributed by atoms with van der Waals surface area (Å²) in [5.41, 5.74) is 2.37. The van der Waals surface area contributed by atoms with E-state index in [2.05, 4.69) is 36.2 Å². The average molecular weight is 276 g/mol. The Hall–Kier alpha value is -1.33. The van der Waals surface area contributed by atoms with E-state index >= 15 is 0 Å². The first-order valence-corrected chi connectivity index (χ1v) is 7.23. The van der Waals surface area contributed by atoms with Crippen LogP contribution in [-0.4, -0.2) is 20.8 Å². The van der Waals surface area contributed by atoms with Crippen molar-refractivity contribution >= 4 is 11.8 Å². The highest BCUT2D eigenvalue weighted by Crippen LogP contribution is 2.31. The van der Waals surface area contributed by atoms with Crippen molar-refractivity contribution in [2.75, 3.05) is 0 Å². The monoisotopic (exact) mass is 276 g/mol. The SMILES string of the molecule is Cc1nn(C)c(Sc2ccncc2)c1CNC(C)C. The van der Waals surface area contributed by atoms with Gasteiger partial charge in [0.15, 0.2) is 0 Å². The fourth-order valence-corrected chi connectivity index (χ4v) is 2.83. The minimum Gasteiger partial charge on any atom is -0.310 e. The molecule has 2 aromatic rings. The van der Waals surface area contributed by atoms with Crippen molar-refractivity contribution < 1.29 is 0 Å². The number of hydrogen-bond acceptors (Lipinski definition) is 4. The molecular formula is C14H20N4S. The lowest BCUT2D eigenvalue weighted by atomic mass is 10.2. The number of aromatic nitrogens is 3. The third-order valence-electron chi connectivity index (χ3n) is 2.84. The highest BCUT2D eigenvalue weighted by Gasteiger charge is 2.14. The lowest BCUT2D eigenvalue weighted by Gasteiger charge is -2.10. The normalized spacial score (nSPS) is 11.2. The zero-order chi connectivity index (χ0) is 13.8. The Morgan fingerprint density at radius 2 is 2.00 bits per heavy atom. The summed E-state index contributed by atoms with van der Waals surface area (Å²) < 4.78 is 1.96. The molecule has 0 bridgehead atoms. The molecule has 19 heavy (non-hydrogen) atoms. The van der Waals surface area contributed by atoms with Gasteiger partial charge in [-0.25, -0.2) is 0 Å². The van der Waals surface area contributed by atoms with Gasteiger partial charge in [-0.15, -0.1) is 0 Å². The Kier molecular flexibility index (Phi) is 4.61. The summed E-state index contributed by atoms with van der Waals surface area (Å²) in [6.45, 7) is 7.22. The van der Waals surface area contributed by atoms with Gasteiger partial charge < -0.3 is 5.32 Å². The maximum absolute atomic E-state index is 4.53. The lowest BCUT2D eigenvalue weighted by molar-refractivity contribution is 0.580. The van der Waals surface area contributed by atoms with Gasteiger partial charge in [0.25, 0.3) is 0 Å². The molecule has 0 unspecified atom stereocenters. The van der Waals surface area contributed by atoms with Gasteiger partial charge in [0.05, 0.1) is 5.69 Å². The number of rotatable bonds is 5. The van der Waals surface area contributed by atoms with E-state index < -0.39 is 0 Å². The number of nitrogens with one attached hydrogen (secondary N) is 1. The molecular weight excluding hydrogens is 256 g/mol. The molecule has 0 saturated carbocycles. The predicted molar refractivity (Wildman–Crippen MR) is 78.3 cm³/mol. The van der Waals surface area contributed by atoms with Crippen molar-refractivity contribution in [3.63, 3.8) is 0 Å². The largest absolute Gasteiger partial charge is 0.310 e. The van der Waals surface area contributed by atoms with Crippen molar-refractivity contribution in [1.82, 2.24) is 20.1 Å². The van der Waals surface area contributed by atoms with Crippen molar-refractivity contribution in [2.24, 2.45) is 7.05 Å². The Morgan fingerprint density at radius 3 is 2.63 bits per heavy atom. The van der Waals surface area contributed by atoms with Crippen LogP contribution in [-0.2, 0) is 13.6 Å².